The number of hydrogen-bond acceptors (Lipinski definition) is 6. The number of carbonyl (C=O) groups excluding carboxylic acids is 1. The topological polar surface area (TPSA) is 107 Å². The van der Waals surface area contributed by atoms with Gasteiger partial charge in [0.25, 0.3) is 11.9 Å². The third-order valence-electron chi connectivity index (χ3n) is 4.05. The molecule has 0 fully saturated rings. The summed E-state index contributed by atoms with van der Waals surface area (Å²) >= 11 is 5.96. The van der Waals surface area contributed by atoms with Gasteiger partial charge < -0.3 is 5.32 Å². The summed E-state index contributed by atoms with van der Waals surface area (Å²) in [5.41, 5.74) is 0.602. The van der Waals surface area contributed by atoms with Gasteiger partial charge in [-0.3, -0.25) is 4.79 Å². The van der Waals surface area contributed by atoms with Crippen LogP contribution in [-0.4, -0.2) is 40.3 Å². The van der Waals surface area contributed by atoms with Crippen LogP contribution in [0.2, 0.25) is 5.02 Å². The van der Waals surface area contributed by atoms with Crippen LogP contribution >= 0.6 is 11.6 Å². The summed E-state index contributed by atoms with van der Waals surface area (Å²) in [6.45, 7) is 5.98. The van der Waals surface area contributed by atoms with Crippen molar-refractivity contribution in [3.05, 3.63) is 59.0 Å². The van der Waals surface area contributed by atoms with Crippen molar-refractivity contribution in [3.63, 3.8) is 0 Å². The Morgan fingerprint density at radius 1 is 1.14 bits per heavy atom. The fourth-order valence-electron chi connectivity index (χ4n) is 2.51. The van der Waals surface area contributed by atoms with E-state index >= 15 is 0 Å². The first kappa shape index (κ1) is 20.9. The quantitative estimate of drug-likeness (QED) is 0.676. The van der Waals surface area contributed by atoms with E-state index < -0.39 is 15.7 Å². The first-order chi connectivity index (χ1) is 13.5. The largest absolute Gasteiger partial charge is 0.306 e. The molecule has 0 unspecified atom stereocenters. The molecular formula is C19H20ClN5O3S. The molecule has 1 amide bonds. The van der Waals surface area contributed by atoms with Gasteiger partial charge in [-0.15, -0.1) is 0 Å². The molecule has 0 aliphatic rings. The van der Waals surface area contributed by atoms with Crippen molar-refractivity contribution in [2.24, 2.45) is 0 Å². The average molecular weight is 434 g/mol. The van der Waals surface area contributed by atoms with Gasteiger partial charge in [0.15, 0.2) is 9.84 Å². The van der Waals surface area contributed by atoms with E-state index in [4.69, 9.17) is 11.6 Å². The molecule has 2 aromatic heterocycles. The Labute approximate surface area is 173 Å². The van der Waals surface area contributed by atoms with Crippen molar-refractivity contribution in [2.75, 3.05) is 11.6 Å². The number of anilines is 1. The van der Waals surface area contributed by atoms with Gasteiger partial charge in [0, 0.05) is 35.7 Å². The number of benzene rings is 1. The summed E-state index contributed by atoms with van der Waals surface area (Å²) in [4.78, 5) is 21.1. The lowest BCUT2D eigenvalue weighted by atomic mass is 9.92. The van der Waals surface area contributed by atoms with Crippen LogP contribution in [0, 0.1) is 0 Å². The summed E-state index contributed by atoms with van der Waals surface area (Å²) < 4.78 is 25.2. The summed E-state index contributed by atoms with van der Waals surface area (Å²) in [7, 11) is -3.58. The lowest BCUT2D eigenvalue weighted by Crippen LogP contribution is -2.16. The maximum atomic E-state index is 12.8. The number of nitrogens with one attached hydrogen (secondary N) is 1. The molecule has 10 heteroatoms. The van der Waals surface area contributed by atoms with E-state index in [9.17, 15) is 13.2 Å². The Balaban J connectivity index is 2.02. The van der Waals surface area contributed by atoms with E-state index in [0.29, 0.717) is 11.8 Å². The fourth-order valence-corrected chi connectivity index (χ4v) is 3.81. The number of amides is 1. The lowest BCUT2D eigenvalue weighted by Gasteiger charge is -2.13. The van der Waals surface area contributed by atoms with Crippen LogP contribution in [0.1, 0.15) is 36.8 Å². The molecule has 0 aliphatic carbocycles. The maximum Gasteiger partial charge on any atom is 0.256 e. The molecule has 1 N–H and O–H groups in total. The molecule has 0 bridgehead atoms. The Bertz CT molecular complexity index is 1170. The molecule has 29 heavy (non-hydrogen) atoms. The molecule has 2 heterocycles. The zero-order valence-corrected chi connectivity index (χ0v) is 17.9. The molecule has 0 saturated carbocycles. The Morgan fingerprint density at radius 2 is 1.79 bits per heavy atom. The van der Waals surface area contributed by atoms with Crippen molar-refractivity contribution in [1.29, 1.82) is 0 Å². The number of halogens is 1. The predicted molar refractivity (Wildman–Crippen MR) is 110 cm³/mol. The van der Waals surface area contributed by atoms with Crippen LogP contribution in [-0.2, 0) is 15.3 Å². The van der Waals surface area contributed by atoms with Gasteiger partial charge in [0.2, 0.25) is 0 Å². The highest BCUT2D eigenvalue weighted by Crippen LogP contribution is 2.27. The van der Waals surface area contributed by atoms with Gasteiger partial charge >= 0.3 is 0 Å². The average Bonchev–Trinajstić information content (AvgIpc) is 3.06. The molecule has 152 valence electrons. The molecule has 0 atom stereocenters. The highest BCUT2D eigenvalue weighted by Gasteiger charge is 2.23. The molecule has 3 aromatic rings. The van der Waals surface area contributed by atoms with Crippen LogP contribution in [0.15, 0.2) is 47.6 Å². The smallest absolute Gasteiger partial charge is 0.256 e. The van der Waals surface area contributed by atoms with Gasteiger partial charge in [-0.05, 0) is 24.3 Å². The number of sulfone groups is 1. The lowest BCUT2D eigenvalue weighted by molar-refractivity contribution is 0.102. The normalized spacial score (nSPS) is 12.0. The first-order valence-electron chi connectivity index (χ1n) is 8.66. The molecule has 0 radical (unpaired) electrons. The van der Waals surface area contributed by atoms with Crippen LogP contribution in [0.25, 0.3) is 5.95 Å². The fraction of sp³-hybridized carbons (Fsp3) is 0.263. The van der Waals surface area contributed by atoms with Gasteiger partial charge in [0.05, 0.1) is 15.6 Å². The first-order valence-corrected chi connectivity index (χ1v) is 10.9. The van der Waals surface area contributed by atoms with E-state index in [1.54, 1.807) is 24.5 Å². The van der Waals surface area contributed by atoms with Crippen molar-refractivity contribution in [3.8, 4) is 5.95 Å². The molecule has 0 spiro atoms. The minimum Gasteiger partial charge on any atom is -0.306 e. The van der Waals surface area contributed by atoms with E-state index in [0.717, 1.165) is 11.9 Å². The third kappa shape index (κ3) is 4.63. The van der Waals surface area contributed by atoms with Gasteiger partial charge in [0.1, 0.15) is 5.82 Å². The summed E-state index contributed by atoms with van der Waals surface area (Å²) in [6.07, 6.45) is 4.18. The van der Waals surface area contributed by atoms with E-state index in [1.165, 1.54) is 22.9 Å². The van der Waals surface area contributed by atoms with E-state index in [2.05, 4.69) is 20.4 Å². The Hall–Kier alpha value is -2.78. The SMILES string of the molecule is CC(C)(C)c1cc(NC(=O)c2ccc(Cl)c(S(C)(=O)=O)c2)n(-c2ncccn2)n1. The van der Waals surface area contributed by atoms with Crippen LogP contribution < -0.4 is 5.32 Å². The number of hydrogen-bond donors (Lipinski definition) is 1. The molecule has 8 nitrogen and oxygen atoms in total. The van der Waals surface area contributed by atoms with Crippen LogP contribution in [0.3, 0.4) is 0 Å². The number of rotatable bonds is 4. The summed E-state index contributed by atoms with van der Waals surface area (Å²) in [5.74, 6) is 0.150. The minimum absolute atomic E-state index is 0.0572. The van der Waals surface area contributed by atoms with Crippen LogP contribution in [0.5, 0.6) is 0 Å². The van der Waals surface area contributed by atoms with Gasteiger partial charge in [-0.25, -0.2) is 18.4 Å². The van der Waals surface area contributed by atoms with Crippen molar-refractivity contribution in [2.45, 2.75) is 31.1 Å². The molecule has 0 saturated heterocycles. The highest BCUT2D eigenvalue weighted by atomic mass is 35.5. The van der Waals surface area contributed by atoms with E-state index in [1.807, 2.05) is 20.8 Å². The van der Waals surface area contributed by atoms with E-state index in [-0.39, 0.29) is 20.9 Å². The number of nitrogens with zero attached hydrogens (tertiary/aromatic N) is 4. The van der Waals surface area contributed by atoms with Crippen molar-refractivity contribution in [1.82, 2.24) is 19.7 Å². The molecule has 0 aliphatic heterocycles. The van der Waals surface area contributed by atoms with Crippen LogP contribution in [0.4, 0.5) is 5.82 Å². The highest BCUT2D eigenvalue weighted by molar-refractivity contribution is 7.90. The molecule has 1 aromatic carbocycles. The second-order valence-electron chi connectivity index (χ2n) is 7.50. The minimum atomic E-state index is -3.58. The predicted octanol–water partition coefficient (Wildman–Crippen LogP) is 3.27. The van der Waals surface area contributed by atoms with Gasteiger partial charge in [-0.1, -0.05) is 32.4 Å². The van der Waals surface area contributed by atoms with Gasteiger partial charge in [-0.2, -0.15) is 9.78 Å². The second-order valence-corrected chi connectivity index (χ2v) is 9.89. The zero-order valence-electron chi connectivity index (χ0n) is 16.3. The number of aromatic nitrogens is 4. The zero-order chi connectivity index (χ0) is 21.4. The monoisotopic (exact) mass is 433 g/mol. The van der Waals surface area contributed by atoms with Crippen molar-refractivity contribution >= 4 is 33.2 Å². The molecule has 3 rings (SSSR count). The summed E-state index contributed by atoms with van der Waals surface area (Å²) in [5, 5.41) is 7.35. The standard InChI is InChI=1S/C19H20ClN5O3S/c1-19(2,3)15-11-16(25(24-15)18-21-8-5-9-22-18)23-17(26)12-6-7-13(20)14(10-12)29(4,27)28/h5-11H,1-4H3,(H,23,26). The number of carbonyl (C=O) groups is 1. The Morgan fingerprint density at radius 3 is 2.38 bits per heavy atom. The molecular weight excluding hydrogens is 414 g/mol. The summed E-state index contributed by atoms with van der Waals surface area (Å²) in [6, 6.07) is 7.50. The Kier molecular flexibility index (Phi) is 5.46. The third-order valence-corrected chi connectivity index (χ3v) is 5.63. The second kappa shape index (κ2) is 7.57. The maximum absolute atomic E-state index is 12.8. The van der Waals surface area contributed by atoms with Crippen molar-refractivity contribution < 1.29 is 13.2 Å².